The molecule has 1 aliphatic carbocycles. The maximum Gasteiger partial charge on any atom is 0.338 e. The lowest BCUT2D eigenvalue weighted by Crippen LogP contribution is -2.22. The van der Waals surface area contributed by atoms with Gasteiger partial charge in [-0.2, -0.15) is 0 Å². The Morgan fingerprint density at radius 1 is 1.29 bits per heavy atom. The van der Waals surface area contributed by atoms with E-state index in [1.165, 1.54) is 6.92 Å². The van der Waals surface area contributed by atoms with Crippen molar-refractivity contribution in [1.29, 1.82) is 0 Å². The summed E-state index contributed by atoms with van der Waals surface area (Å²) in [5.74, 6) is -1.55. The first-order chi connectivity index (χ1) is 9.79. The monoisotopic (exact) mass is 334 g/mol. The molecule has 1 aromatic carbocycles. The summed E-state index contributed by atoms with van der Waals surface area (Å²) in [5, 5.41) is 0. The first-order valence-electron chi connectivity index (χ1n) is 6.75. The van der Waals surface area contributed by atoms with Crippen LogP contribution in [0.5, 0.6) is 0 Å². The smallest absolute Gasteiger partial charge is 0.338 e. The molecular weight excluding hydrogens is 319 g/mol. The van der Waals surface area contributed by atoms with Gasteiger partial charge in [0.25, 0.3) is 9.05 Å². The van der Waals surface area contributed by atoms with Crippen molar-refractivity contribution < 1.29 is 22.3 Å². The minimum atomic E-state index is -4.12. The fourth-order valence-electron chi connectivity index (χ4n) is 2.52. The second-order valence-electron chi connectivity index (χ2n) is 5.18. The van der Waals surface area contributed by atoms with Crippen LogP contribution in [0.1, 0.15) is 48.0 Å². The molecular formula is C14H16ClFO4S. The van der Waals surface area contributed by atoms with E-state index in [1.807, 2.05) is 0 Å². The SMILES string of the molecule is Cc1c(C(=O)OC2CCCCC2)cc(F)cc1S(=O)(=O)Cl. The summed E-state index contributed by atoms with van der Waals surface area (Å²) < 4.78 is 41.7. The third-order valence-corrected chi connectivity index (χ3v) is 5.08. The van der Waals surface area contributed by atoms with E-state index in [1.54, 1.807) is 0 Å². The Balaban J connectivity index is 2.30. The van der Waals surface area contributed by atoms with Gasteiger partial charge < -0.3 is 4.74 Å². The van der Waals surface area contributed by atoms with E-state index >= 15 is 0 Å². The number of carbonyl (C=O) groups excluding carboxylic acids is 1. The van der Waals surface area contributed by atoms with Gasteiger partial charge in [-0.1, -0.05) is 6.42 Å². The highest BCUT2D eigenvalue weighted by Crippen LogP contribution is 2.26. The molecule has 0 amide bonds. The third kappa shape index (κ3) is 3.95. The highest BCUT2D eigenvalue weighted by molar-refractivity contribution is 8.13. The summed E-state index contributed by atoms with van der Waals surface area (Å²) in [7, 11) is 1.14. The zero-order valence-corrected chi connectivity index (χ0v) is 13.1. The lowest BCUT2D eigenvalue weighted by Gasteiger charge is -2.22. The van der Waals surface area contributed by atoms with Gasteiger partial charge in [0.2, 0.25) is 0 Å². The summed E-state index contributed by atoms with van der Waals surface area (Å²) in [6.07, 6.45) is 4.45. The number of halogens is 2. The van der Waals surface area contributed by atoms with E-state index < -0.39 is 25.7 Å². The van der Waals surface area contributed by atoms with Crippen molar-refractivity contribution >= 4 is 25.7 Å². The standard InChI is InChI=1S/C14H16ClFO4S/c1-9-12(7-10(16)8-13(9)21(15,18)19)14(17)20-11-5-3-2-4-6-11/h7-8,11H,2-6H2,1H3. The minimum Gasteiger partial charge on any atom is -0.459 e. The first kappa shape index (κ1) is 16.2. The predicted octanol–water partition coefficient (Wildman–Crippen LogP) is 3.55. The lowest BCUT2D eigenvalue weighted by molar-refractivity contribution is 0.0209. The number of hydrogen-bond donors (Lipinski definition) is 0. The van der Waals surface area contributed by atoms with Crippen molar-refractivity contribution in [3.8, 4) is 0 Å². The average Bonchev–Trinajstić information content (AvgIpc) is 2.40. The van der Waals surface area contributed by atoms with Gasteiger partial charge in [-0.15, -0.1) is 0 Å². The molecule has 1 saturated carbocycles. The fraction of sp³-hybridized carbons (Fsp3) is 0.500. The molecule has 0 atom stereocenters. The number of ether oxygens (including phenoxy) is 1. The minimum absolute atomic E-state index is 0.0974. The van der Waals surface area contributed by atoms with Gasteiger partial charge in [0, 0.05) is 10.7 Å². The molecule has 1 fully saturated rings. The molecule has 2 rings (SSSR count). The third-order valence-electron chi connectivity index (χ3n) is 3.63. The molecule has 21 heavy (non-hydrogen) atoms. The van der Waals surface area contributed by atoms with E-state index in [9.17, 15) is 17.6 Å². The molecule has 116 valence electrons. The fourth-order valence-corrected chi connectivity index (χ4v) is 3.73. The predicted molar refractivity (Wildman–Crippen MR) is 76.5 cm³/mol. The first-order valence-corrected chi connectivity index (χ1v) is 9.06. The number of carbonyl (C=O) groups is 1. The molecule has 7 heteroatoms. The van der Waals surface area contributed by atoms with E-state index in [0.29, 0.717) is 0 Å². The van der Waals surface area contributed by atoms with Crippen LogP contribution in [0.2, 0.25) is 0 Å². The van der Waals surface area contributed by atoms with Gasteiger partial charge in [-0.05, 0) is 50.3 Å². The van der Waals surface area contributed by atoms with Crippen molar-refractivity contribution in [2.75, 3.05) is 0 Å². The van der Waals surface area contributed by atoms with Crippen LogP contribution < -0.4 is 0 Å². The highest BCUT2D eigenvalue weighted by Gasteiger charge is 2.24. The van der Waals surface area contributed by atoms with Crippen LogP contribution in [-0.4, -0.2) is 20.5 Å². The maximum atomic E-state index is 13.5. The van der Waals surface area contributed by atoms with Crippen LogP contribution in [0.15, 0.2) is 17.0 Å². The maximum absolute atomic E-state index is 13.5. The van der Waals surface area contributed by atoms with Crippen LogP contribution in [0, 0.1) is 12.7 Å². The van der Waals surface area contributed by atoms with Gasteiger partial charge in [-0.25, -0.2) is 17.6 Å². The molecule has 0 spiro atoms. The van der Waals surface area contributed by atoms with Gasteiger partial charge in [0.05, 0.1) is 10.5 Å². The number of benzene rings is 1. The Kier molecular flexibility index (Phi) is 4.88. The normalized spacial score (nSPS) is 16.7. The van der Waals surface area contributed by atoms with Gasteiger partial charge in [0.15, 0.2) is 0 Å². The molecule has 0 heterocycles. The van der Waals surface area contributed by atoms with Crippen molar-refractivity contribution in [3.63, 3.8) is 0 Å². The Hall–Kier alpha value is -1.14. The Morgan fingerprint density at radius 2 is 1.90 bits per heavy atom. The van der Waals surface area contributed by atoms with Crippen LogP contribution in [0.25, 0.3) is 0 Å². The summed E-state index contributed by atoms with van der Waals surface area (Å²) >= 11 is 0. The second kappa shape index (κ2) is 6.32. The number of hydrogen-bond acceptors (Lipinski definition) is 4. The van der Waals surface area contributed by atoms with Gasteiger partial charge >= 0.3 is 5.97 Å². The zero-order valence-electron chi connectivity index (χ0n) is 11.6. The van der Waals surface area contributed by atoms with Crippen molar-refractivity contribution in [2.24, 2.45) is 0 Å². The Labute approximate surface area is 127 Å². The molecule has 1 aliphatic rings. The molecule has 0 radical (unpaired) electrons. The largest absolute Gasteiger partial charge is 0.459 e. The van der Waals surface area contributed by atoms with E-state index in [2.05, 4.69) is 0 Å². The van der Waals surface area contributed by atoms with Crippen LogP contribution in [0.3, 0.4) is 0 Å². The van der Waals surface area contributed by atoms with Gasteiger partial charge in [0.1, 0.15) is 11.9 Å². The number of rotatable bonds is 3. The summed E-state index contributed by atoms with van der Waals surface area (Å²) in [6, 6.07) is 1.78. The van der Waals surface area contributed by atoms with Crippen molar-refractivity contribution in [1.82, 2.24) is 0 Å². The van der Waals surface area contributed by atoms with Crippen LogP contribution >= 0.6 is 10.7 Å². The van der Waals surface area contributed by atoms with E-state index in [-0.39, 0.29) is 17.2 Å². The summed E-state index contributed by atoms with van der Waals surface area (Å²) in [4.78, 5) is 11.7. The Bertz CT molecular complexity index is 651. The molecule has 0 saturated heterocycles. The average molecular weight is 335 g/mol. The number of esters is 1. The van der Waals surface area contributed by atoms with E-state index in [0.717, 1.165) is 44.2 Å². The molecule has 1 aromatic rings. The molecule has 0 N–H and O–H groups in total. The highest BCUT2D eigenvalue weighted by atomic mass is 35.7. The molecule has 4 nitrogen and oxygen atoms in total. The topological polar surface area (TPSA) is 60.4 Å². The quantitative estimate of drug-likeness (QED) is 0.626. The summed E-state index contributed by atoms with van der Waals surface area (Å²) in [6.45, 7) is 1.41. The lowest BCUT2D eigenvalue weighted by atomic mass is 9.97. The van der Waals surface area contributed by atoms with Crippen LogP contribution in [0.4, 0.5) is 4.39 Å². The molecule has 0 unspecified atom stereocenters. The molecule has 0 aliphatic heterocycles. The zero-order chi connectivity index (χ0) is 15.6. The second-order valence-corrected chi connectivity index (χ2v) is 7.71. The molecule has 0 aromatic heterocycles. The molecule has 0 bridgehead atoms. The summed E-state index contributed by atoms with van der Waals surface area (Å²) in [5.41, 5.74) is 0.00649. The van der Waals surface area contributed by atoms with E-state index in [4.69, 9.17) is 15.4 Å². The van der Waals surface area contributed by atoms with Crippen LogP contribution in [-0.2, 0) is 13.8 Å². The van der Waals surface area contributed by atoms with Crippen molar-refractivity contribution in [3.05, 3.63) is 29.1 Å². The Morgan fingerprint density at radius 3 is 2.48 bits per heavy atom. The van der Waals surface area contributed by atoms with Gasteiger partial charge in [-0.3, -0.25) is 0 Å². The van der Waals surface area contributed by atoms with Crippen molar-refractivity contribution in [2.45, 2.75) is 50.0 Å².